The molecule has 0 atom stereocenters. The first-order chi connectivity index (χ1) is 0. The van der Waals surface area contributed by atoms with Crippen molar-refractivity contribution >= 4 is 0 Å². The van der Waals surface area contributed by atoms with E-state index in [9.17, 15) is 0 Å². The van der Waals surface area contributed by atoms with Crippen LogP contribution in [0.5, 0.6) is 0 Å². The minimum atomic E-state index is 0. The van der Waals surface area contributed by atoms with Crippen LogP contribution in [0.4, 0.5) is 0 Å². The summed E-state index contributed by atoms with van der Waals surface area (Å²) in [7, 11) is 0. The molecule has 0 radical (unpaired) electrons. The monoisotopic (exact) mass is 392 g/mol. The summed E-state index contributed by atoms with van der Waals surface area (Å²) < 4.78 is 0. The molecule has 0 unspecified atom stereocenters. The van der Waals surface area contributed by atoms with Crippen LogP contribution >= 0.6 is 0 Å². The zero-order chi connectivity index (χ0) is 0. The van der Waals surface area contributed by atoms with Crippen molar-refractivity contribution in [3.05, 3.63) is 0 Å². The summed E-state index contributed by atoms with van der Waals surface area (Å²) in [5, 5.41) is 0. The third kappa shape index (κ3) is 1260. The second-order valence-corrected chi connectivity index (χ2v) is 0. The molecule has 20 N–H and O–H groups in total. The molecule has 0 bridgehead atoms. The normalized spacial score (nSPS) is 0. The van der Waals surface area contributed by atoms with Crippen molar-refractivity contribution in [1.29, 1.82) is 0 Å². The molecule has 0 amide bonds. The van der Waals surface area contributed by atoms with Gasteiger partial charge in [0.25, 0.3) is 0 Å². The molecule has 12 heavy (non-hydrogen) atoms. The van der Waals surface area contributed by atoms with Crippen molar-refractivity contribution in [3.63, 3.8) is 0 Å². The van der Waals surface area contributed by atoms with Crippen LogP contribution in [0, 0.1) is 0 Å². The zero-order valence-corrected chi connectivity index (χ0v) is 8.74. The summed E-state index contributed by atoms with van der Waals surface area (Å²) >= 11 is 0. The minimum absolute atomic E-state index is 0. The Morgan fingerprint density at radius 2 is 0.167 bits per heavy atom. The van der Waals surface area contributed by atoms with Gasteiger partial charge in [-0.15, -0.1) is 0 Å². The molecule has 0 spiro atoms. The van der Waals surface area contributed by atoms with Crippen LogP contribution in [0.25, 0.3) is 0 Å². The molecule has 0 aromatic carbocycles. The van der Waals surface area contributed by atoms with Gasteiger partial charge in [0.15, 0.2) is 0 Å². The number of rotatable bonds is 0. The van der Waals surface area contributed by atoms with Gasteiger partial charge < -0.3 is 54.8 Å². The Bertz CT molecular complexity index is 7.80. The smallest absolute Gasteiger partial charge is 0 e. The molecule has 0 aromatic heterocycles. The molecule has 10 nitrogen and oxygen atoms in total. The van der Waals surface area contributed by atoms with Crippen LogP contribution in [-0.4, -0.2) is 54.8 Å². The third-order valence-electron chi connectivity index (χ3n) is 0. The largest absolute Gasteiger partial charge is 0.412 e. The third-order valence-corrected chi connectivity index (χ3v) is 0. The topological polar surface area (TPSA) is 315 Å². The molecular weight excluding hydrogens is 373 g/mol. The Morgan fingerprint density at radius 1 is 0.167 bits per heavy atom. The fourth-order valence-electron chi connectivity index (χ4n) is 0. The summed E-state index contributed by atoms with van der Waals surface area (Å²) in [6.45, 7) is 0. The van der Waals surface area contributed by atoms with E-state index in [0.29, 0.717) is 0 Å². The number of hydrogen-bond acceptors (Lipinski definition) is 0. The van der Waals surface area contributed by atoms with Gasteiger partial charge in [0.1, 0.15) is 0 Å². The molecule has 0 fully saturated rings. The van der Waals surface area contributed by atoms with Crippen LogP contribution in [0.3, 0.4) is 0 Å². The van der Waals surface area contributed by atoms with E-state index in [-0.39, 0.29) is 95.6 Å². The Morgan fingerprint density at radius 3 is 0.167 bits per heavy atom. The van der Waals surface area contributed by atoms with Crippen LogP contribution in [0.2, 0.25) is 0 Å². The van der Waals surface area contributed by atoms with E-state index in [1.807, 2.05) is 0 Å². The first-order valence-electron chi connectivity index (χ1n) is 0. The van der Waals surface area contributed by atoms with Crippen molar-refractivity contribution in [1.82, 2.24) is 0 Å². The maximum absolute atomic E-state index is 0. The van der Waals surface area contributed by atoms with E-state index in [2.05, 4.69) is 0 Å². The van der Waals surface area contributed by atoms with Crippen molar-refractivity contribution in [3.8, 4) is 0 Å². The van der Waals surface area contributed by atoms with Gasteiger partial charge in [0.05, 0.1) is 0 Å². The molecule has 0 aliphatic rings. The van der Waals surface area contributed by atoms with Crippen LogP contribution in [0.1, 0.15) is 0 Å². The molecule has 100 valence electrons. The van der Waals surface area contributed by atoms with E-state index in [1.165, 1.54) is 0 Å². The van der Waals surface area contributed by atoms with Gasteiger partial charge in [-0.1, -0.05) is 0 Å². The summed E-state index contributed by atoms with van der Waals surface area (Å²) in [6, 6.07) is 0. The fourth-order valence-corrected chi connectivity index (χ4v) is 0. The maximum atomic E-state index is 0. The van der Waals surface area contributed by atoms with Crippen LogP contribution in [-0.2, 0) is 40.8 Å². The van der Waals surface area contributed by atoms with Crippen molar-refractivity contribution in [2.45, 2.75) is 0 Å². The van der Waals surface area contributed by atoms with E-state index in [1.54, 1.807) is 0 Å². The standard InChI is InChI=1S/10H2O.2Pd/h10*1H2;;. The van der Waals surface area contributed by atoms with Crippen LogP contribution in [0.15, 0.2) is 0 Å². The quantitative estimate of drug-likeness (QED) is 0.346. The second kappa shape index (κ2) is 1660. The molecular formula is H20O10Pd2. The first-order valence-corrected chi connectivity index (χ1v) is 0. The van der Waals surface area contributed by atoms with Gasteiger partial charge in [-0.05, 0) is 0 Å². The summed E-state index contributed by atoms with van der Waals surface area (Å²) in [4.78, 5) is 0. The van der Waals surface area contributed by atoms with Gasteiger partial charge in [0, 0.05) is 40.8 Å². The maximum Gasteiger partial charge on any atom is 0 e. The molecule has 0 saturated carbocycles. The molecule has 0 rings (SSSR count). The predicted molar refractivity (Wildman–Crippen MR) is 36.1 cm³/mol. The van der Waals surface area contributed by atoms with Gasteiger partial charge >= 0.3 is 0 Å². The molecule has 12 heteroatoms. The fraction of sp³-hybridized carbons (Fsp3) is 0. The average Bonchev–Trinajstić information content (AvgIpc) is 0. The van der Waals surface area contributed by atoms with Crippen LogP contribution < -0.4 is 0 Å². The summed E-state index contributed by atoms with van der Waals surface area (Å²) in [5.74, 6) is 0. The zero-order valence-electron chi connectivity index (χ0n) is 5.63. The van der Waals surface area contributed by atoms with Crippen molar-refractivity contribution in [2.24, 2.45) is 0 Å². The van der Waals surface area contributed by atoms with Crippen molar-refractivity contribution < 1.29 is 95.6 Å². The van der Waals surface area contributed by atoms with Gasteiger partial charge in [-0.2, -0.15) is 0 Å². The molecule has 0 aliphatic carbocycles. The van der Waals surface area contributed by atoms with E-state index >= 15 is 0 Å². The molecule has 0 aliphatic heterocycles. The first kappa shape index (κ1) is 2150. The van der Waals surface area contributed by atoms with Gasteiger partial charge in [0.2, 0.25) is 0 Å². The number of hydrogen-bond donors (Lipinski definition) is 0. The van der Waals surface area contributed by atoms with Gasteiger partial charge in [-0.3, -0.25) is 0 Å². The molecule has 0 aromatic rings. The van der Waals surface area contributed by atoms with Gasteiger partial charge in [-0.25, -0.2) is 0 Å². The molecule has 0 saturated heterocycles. The van der Waals surface area contributed by atoms with E-state index in [4.69, 9.17) is 0 Å². The average molecular weight is 393 g/mol. The second-order valence-electron chi connectivity index (χ2n) is 0. The van der Waals surface area contributed by atoms with E-state index in [0.717, 1.165) is 0 Å². The summed E-state index contributed by atoms with van der Waals surface area (Å²) in [5.41, 5.74) is 0. The SMILES string of the molecule is O.O.O.O.O.O.O.O.O.O.[Pd].[Pd]. The van der Waals surface area contributed by atoms with Crippen molar-refractivity contribution in [2.75, 3.05) is 0 Å². The Kier molecular flexibility index (Phi) is 298000. The predicted octanol–water partition coefficient (Wildman–Crippen LogP) is -8.25. The Labute approximate surface area is 95.7 Å². The Hall–Kier alpha value is 0.925. The van der Waals surface area contributed by atoms with E-state index < -0.39 is 0 Å². The summed E-state index contributed by atoms with van der Waals surface area (Å²) in [6.07, 6.45) is 0. The Balaban J connectivity index is 0. The molecule has 0 heterocycles. The minimum Gasteiger partial charge on any atom is -0.412 e.